The highest BCUT2D eigenvalue weighted by molar-refractivity contribution is 5.41. The molecule has 0 bridgehead atoms. The van der Waals surface area contributed by atoms with Gasteiger partial charge in [-0.25, -0.2) is 0 Å². The van der Waals surface area contributed by atoms with Crippen molar-refractivity contribution >= 4 is 0 Å². The van der Waals surface area contributed by atoms with Gasteiger partial charge in [0.05, 0.1) is 12.3 Å². The summed E-state index contributed by atoms with van der Waals surface area (Å²) in [5, 5.41) is 19.7. The zero-order valence-electron chi connectivity index (χ0n) is 13.9. The lowest BCUT2D eigenvalue weighted by Crippen LogP contribution is -2.39. The van der Waals surface area contributed by atoms with E-state index in [2.05, 4.69) is 4.98 Å². The fourth-order valence-corrected chi connectivity index (χ4v) is 2.83. The molecule has 128 valence electrons. The quantitative estimate of drug-likeness (QED) is 0.872. The van der Waals surface area contributed by atoms with Crippen molar-refractivity contribution in [2.45, 2.75) is 26.2 Å². The van der Waals surface area contributed by atoms with Crippen LogP contribution in [0.2, 0.25) is 0 Å². The van der Waals surface area contributed by atoms with Gasteiger partial charge in [0.25, 0.3) is 0 Å². The van der Waals surface area contributed by atoms with Gasteiger partial charge in [-0.1, -0.05) is 12.1 Å². The molecule has 1 atom stereocenters. The molecule has 3 rings (SSSR count). The standard InChI is InChI=1S/C18H22N2O4/c1-12-18(22)15(13(10-21)7-19-12)9-20(2)8-14-11-23-16-5-3-4-6-17(16)24-14/h3-7,14,21-22H,8-11H2,1-2H3. The highest BCUT2D eigenvalue weighted by Gasteiger charge is 2.23. The van der Waals surface area contributed by atoms with Crippen LogP contribution >= 0.6 is 0 Å². The Morgan fingerprint density at radius 3 is 2.79 bits per heavy atom. The molecule has 1 aliphatic rings. The van der Waals surface area contributed by atoms with Gasteiger partial charge in [0.2, 0.25) is 0 Å². The van der Waals surface area contributed by atoms with Gasteiger partial charge in [-0.3, -0.25) is 9.88 Å². The van der Waals surface area contributed by atoms with E-state index in [4.69, 9.17) is 9.47 Å². The average molecular weight is 330 g/mol. The lowest BCUT2D eigenvalue weighted by atomic mass is 10.1. The zero-order valence-corrected chi connectivity index (χ0v) is 13.9. The van der Waals surface area contributed by atoms with Crippen molar-refractivity contribution < 1.29 is 19.7 Å². The first-order valence-corrected chi connectivity index (χ1v) is 7.92. The minimum Gasteiger partial charge on any atom is -0.506 e. The van der Waals surface area contributed by atoms with E-state index in [1.807, 2.05) is 36.2 Å². The van der Waals surface area contributed by atoms with Crippen LogP contribution in [0.15, 0.2) is 30.5 Å². The Morgan fingerprint density at radius 2 is 2.04 bits per heavy atom. The summed E-state index contributed by atoms with van der Waals surface area (Å²) in [6.45, 7) is 3.21. The first kappa shape index (κ1) is 16.5. The summed E-state index contributed by atoms with van der Waals surface area (Å²) in [5.74, 6) is 1.65. The van der Waals surface area contributed by atoms with Crippen molar-refractivity contribution in [1.29, 1.82) is 0 Å². The molecule has 1 aromatic heterocycles. The topological polar surface area (TPSA) is 75.1 Å². The summed E-state index contributed by atoms with van der Waals surface area (Å²) in [6, 6.07) is 7.61. The number of aromatic hydroxyl groups is 1. The molecule has 6 heteroatoms. The van der Waals surface area contributed by atoms with Crippen LogP contribution in [0.3, 0.4) is 0 Å². The molecule has 6 nitrogen and oxygen atoms in total. The summed E-state index contributed by atoms with van der Waals surface area (Å²) in [5.41, 5.74) is 1.89. The van der Waals surface area contributed by atoms with Gasteiger partial charge in [-0.05, 0) is 26.1 Å². The third-order valence-electron chi connectivity index (χ3n) is 4.11. The molecule has 0 saturated heterocycles. The molecule has 0 aliphatic carbocycles. The third kappa shape index (κ3) is 3.44. The molecule has 0 spiro atoms. The number of hydrogen-bond acceptors (Lipinski definition) is 6. The Balaban J connectivity index is 1.67. The van der Waals surface area contributed by atoms with E-state index in [0.29, 0.717) is 36.5 Å². The van der Waals surface area contributed by atoms with Gasteiger partial charge >= 0.3 is 0 Å². The first-order chi connectivity index (χ1) is 11.6. The number of fused-ring (bicyclic) bond motifs is 1. The van der Waals surface area contributed by atoms with Crippen LogP contribution < -0.4 is 9.47 Å². The molecule has 24 heavy (non-hydrogen) atoms. The number of ether oxygens (including phenoxy) is 2. The fourth-order valence-electron chi connectivity index (χ4n) is 2.83. The van der Waals surface area contributed by atoms with Gasteiger partial charge < -0.3 is 19.7 Å². The Labute approximate surface area is 141 Å². The summed E-state index contributed by atoms with van der Waals surface area (Å²) in [6.07, 6.45) is 1.52. The molecule has 0 radical (unpaired) electrons. The van der Waals surface area contributed by atoms with Gasteiger partial charge in [-0.15, -0.1) is 0 Å². The maximum atomic E-state index is 10.2. The van der Waals surface area contributed by atoms with E-state index in [1.54, 1.807) is 13.1 Å². The number of aliphatic hydroxyl groups is 1. The Kier molecular flexibility index (Phi) is 4.87. The highest BCUT2D eigenvalue weighted by Crippen LogP contribution is 2.31. The number of benzene rings is 1. The van der Waals surface area contributed by atoms with Crippen molar-refractivity contribution in [2.24, 2.45) is 0 Å². The lowest BCUT2D eigenvalue weighted by molar-refractivity contribution is 0.0635. The highest BCUT2D eigenvalue weighted by atomic mass is 16.6. The van der Waals surface area contributed by atoms with Gasteiger partial charge in [0.15, 0.2) is 11.5 Å². The number of rotatable bonds is 5. The molecule has 2 N–H and O–H groups in total. The fraction of sp³-hybridized carbons (Fsp3) is 0.389. The normalized spacial score (nSPS) is 16.4. The Bertz CT molecular complexity index is 720. The second-order valence-corrected chi connectivity index (χ2v) is 6.05. The molecule has 0 saturated carbocycles. The number of hydrogen-bond donors (Lipinski definition) is 2. The van der Waals surface area contributed by atoms with E-state index >= 15 is 0 Å². The minimum atomic E-state index is -0.152. The largest absolute Gasteiger partial charge is 0.506 e. The predicted molar refractivity (Wildman–Crippen MR) is 89.2 cm³/mol. The SMILES string of the molecule is Cc1ncc(CO)c(CN(C)CC2COc3ccccc3O2)c1O. The van der Waals surface area contributed by atoms with Crippen LogP contribution in [0, 0.1) is 6.92 Å². The van der Waals surface area contributed by atoms with E-state index in [0.717, 1.165) is 11.5 Å². The summed E-state index contributed by atoms with van der Waals surface area (Å²) in [4.78, 5) is 6.12. The molecular weight excluding hydrogens is 308 g/mol. The smallest absolute Gasteiger partial charge is 0.161 e. The Morgan fingerprint density at radius 1 is 1.29 bits per heavy atom. The summed E-state index contributed by atoms with van der Waals surface area (Å²) < 4.78 is 11.7. The molecule has 0 fully saturated rings. The van der Waals surface area contributed by atoms with Crippen molar-refractivity contribution in [3.05, 3.63) is 47.3 Å². The molecule has 1 aliphatic heterocycles. The maximum Gasteiger partial charge on any atom is 0.161 e. The van der Waals surface area contributed by atoms with Crippen LogP contribution in [0.25, 0.3) is 0 Å². The molecule has 2 heterocycles. The van der Waals surface area contributed by atoms with Crippen LogP contribution in [-0.4, -0.2) is 46.4 Å². The Hall–Kier alpha value is -2.31. The molecular formula is C18H22N2O4. The van der Waals surface area contributed by atoms with Crippen LogP contribution in [-0.2, 0) is 13.2 Å². The third-order valence-corrected chi connectivity index (χ3v) is 4.11. The molecule has 0 amide bonds. The minimum absolute atomic E-state index is 0.0902. The van der Waals surface area contributed by atoms with Gasteiger partial charge in [0.1, 0.15) is 18.5 Å². The van der Waals surface area contributed by atoms with Crippen molar-refractivity contribution in [3.8, 4) is 17.2 Å². The lowest BCUT2D eigenvalue weighted by Gasteiger charge is -2.30. The van der Waals surface area contributed by atoms with Crippen molar-refractivity contribution in [2.75, 3.05) is 20.2 Å². The number of pyridine rings is 1. The number of nitrogens with zero attached hydrogens (tertiary/aromatic N) is 2. The molecule has 2 aromatic rings. The number of aromatic nitrogens is 1. The number of aliphatic hydroxyl groups excluding tert-OH is 1. The van der Waals surface area contributed by atoms with Crippen LogP contribution in [0.1, 0.15) is 16.8 Å². The second-order valence-electron chi connectivity index (χ2n) is 6.05. The van der Waals surface area contributed by atoms with E-state index in [-0.39, 0.29) is 18.5 Å². The molecule has 1 aromatic carbocycles. The van der Waals surface area contributed by atoms with Crippen LogP contribution in [0.4, 0.5) is 0 Å². The van der Waals surface area contributed by atoms with Crippen molar-refractivity contribution in [1.82, 2.24) is 9.88 Å². The number of para-hydroxylation sites is 2. The first-order valence-electron chi connectivity index (χ1n) is 7.92. The van der Waals surface area contributed by atoms with E-state index in [9.17, 15) is 10.2 Å². The number of aryl methyl sites for hydroxylation is 1. The summed E-state index contributed by atoms with van der Waals surface area (Å²) >= 11 is 0. The van der Waals surface area contributed by atoms with Gasteiger partial charge in [-0.2, -0.15) is 0 Å². The summed E-state index contributed by atoms with van der Waals surface area (Å²) in [7, 11) is 1.94. The maximum absolute atomic E-state index is 10.2. The monoisotopic (exact) mass is 330 g/mol. The predicted octanol–water partition coefficient (Wildman–Crippen LogP) is 1.86. The zero-order chi connectivity index (χ0) is 17.1. The van der Waals surface area contributed by atoms with Gasteiger partial charge in [0, 0.05) is 30.4 Å². The molecule has 1 unspecified atom stereocenters. The second kappa shape index (κ2) is 7.07. The number of likely N-dealkylation sites (N-methyl/N-ethyl adjacent to an activating group) is 1. The van der Waals surface area contributed by atoms with Crippen molar-refractivity contribution in [3.63, 3.8) is 0 Å². The average Bonchev–Trinajstić information content (AvgIpc) is 2.59. The van der Waals surface area contributed by atoms with Crippen LogP contribution in [0.5, 0.6) is 17.2 Å². The van der Waals surface area contributed by atoms with E-state index in [1.165, 1.54) is 0 Å². The van der Waals surface area contributed by atoms with E-state index < -0.39 is 0 Å².